The Morgan fingerprint density at radius 2 is 1.81 bits per heavy atom. The number of nitrogens with one attached hydrogen (secondary N) is 1. The minimum absolute atomic E-state index is 0.0358. The van der Waals surface area contributed by atoms with Gasteiger partial charge in [-0.25, -0.2) is 0 Å². The van der Waals surface area contributed by atoms with Crippen molar-refractivity contribution in [2.75, 3.05) is 5.32 Å². The largest absolute Gasteiger partial charge is 0.326 e. The first-order valence-electron chi connectivity index (χ1n) is 5.50. The Morgan fingerprint density at radius 1 is 1.25 bits per heavy atom. The second-order valence-electron chi connectivity index (χ2n) is 4.44. The van der Waals surface area contributed by atoms with E-state index >= 15 is 0 Å². The summed E-state index contributed by atoms with van der Waals surface area (Å²) in [5, 5.41) is 2.85. The first-order chi connectivity index (χ1) is 7.58. The van der Waals surface area contributed by atoms with Crippen LogP contribution in [0, 0.1) is 11.8 Å². The van der Waals surface area contributed by atoms with Crippen LogP contribution in [0.2, 0.25) is 0 Å². The van der Waals surface area contributed by atoms with Gasteiger partial charge in [-0.05, 0) is 43.5 Å². The van der Waals surface area contributed by atoms with Crippen LogP contribution < -0.4 is 5.32 Å². The first-order valence-corrected chi connectivity index (χ1v) is 5.50. The molecule has 1 aliphatic rings. The van der Waals surface area contributed by atoms with Gasteiger partial charge in [-0.1, -0.05) is 6.92 Å². The van der Waals surface area contributed by atoms with E-state index in [1.165, 1.54) is 6.92 Å². The molecule has 84 valence electrons. The zero-order chi connectivity index (χ0) is 11.7. The maximum Gasteiger partial charge on any atom is 0.227 e. The van der Waals surface area contributed by atoms with E-state index in [4.69, 9.17) is 0 Å². The summed E-state index contributed by atoms with van der Waals surface area (Å²) in [7, 11) is 0. The predicted octanol–water partition coefficient (Wildman–Crippen LogP) is 2.48. The second kappa shape index (κ2) is 4.08. The molecule has 2 rings (SSSR count). The highest BCUT2D eigenvalue weighted by Crippen LogP contribution is 2.38. The molecule has 0 aromatic heterocycles. The van der Waals surface area contributed by atoms with E-state index in [1.807, 2.05) is 0 Å². The first kappa shape index (κ1) is 10.9. The standard InChI is InChI=1S/C13H15NO2/c1-8-7-12(8)13(16)14-11-5-3-10(4-6-11)9(2)15/h3-6,8,12H,7H2,1-2H3,(H,14,16). The van der Waals surface area contributed by atoms with Gasteiger partial charge in [-0.2, -0.15) is 0 Å². The fourth-order valence-electron chi connectivity index (χ4n) is 1.71. The lowest BCUT2D eigenvalue weighted by molar-refractivity contribution is -0.117. The van der Waals surface area contributed by atoms with E-state index in [2.05, 4.69) is 12.2 Å². The lowest BCUT2D eigenvalue weighted by Gasteiger charge is -2.04. The SMILES string of the molecule is CC(=O)c1ccc(NC(=O)C2CC2C)cc1. The molecule has 16 heavy (non-hydrogen) atoms. The smallest absolute Gasteiger partial charge is 0.227 e. The quantitative estimate of drug-likeness (QED) is 0.790. The van der Waals surface area contributed by atoms with Gasteiger partial charge < -0.3 is 5.32 Å². The Morgan fingerprint density at radius 3 is 2.25 bits per heavy atom. The van der Waals surface area contributed by atoms with E-state index in [9.17, 15) is 9.59 Å². The van der Waals surface area contributed by atoms with E-state index < -0.39 is 0 Å². The number of benzene rings is 1. The van der Waals surface area contributed by atoms with Crippen LogP contribution in [0.5, 0.6) is 0 Å². The van der Waals surface area contributed by atoms with Gasteiger partial charge in [-0.15, -0.1) is 0 Å². The predicted molar refractivity (Wildman–Crippen MR) is 62.3 cm³/mol. The topological polar surface area (TPSA) is 46.2 Å². The maximum atomic E-state index is 11.6. The molecule has 3 nitrogen and oxygen atoms in total. The number of carbonyl (C=O) groups is 2. The van der Waals surface area contributed by atoms with Crippen LogP contribution >= 0.6 is 0 Å². The third kappa shape index (κ3) is 2.30. The summed E-state index contributed by atoms with van der Waals surface area (Å²) in [4.78, 5) is 22.7. The van der Waals surface area contributed by atoms with Crippen LogP contribution in [0.15, 0.2) is 24.3 Å². The molecule has 0 aliphatic heterocycles. The molecule has 0 spiro atoms. The molecule has 1 aliphatic carbocycles. The van der Waals surface area contributed by atoms with Gasteiger partial charge >= 0.3 is 0 Å². The molecule has 2 unspecified atom stereocenters. The van der Waals surface area contributed by atoms with Gasteiger partial charge in [-0.3, -0.25) is 9.59 Å². The van der Waals surface area contributed by atoms with E-state index in [0.29, 0.717) is 11.5 Å². The minimum Gasteiger partial charge on any atom is -0.326 e. The molecule has 2 atom stereocenters. The molecule has 1 N–H and O–H groups in total. The Balaban J connectivity index is 2.00. The number of hydrogen-bond acceptors (Lipinski definition) is 2. The molecule has 0 heterocycles. The summed E-state index contributed by atoms with van der Waals surface area (Å²) in [6.45, 7) is 3.60. The molecular weight excluding hydrogens is 202 g/mol. The average molecular weight is 217 g/mol. The fourth-order valence-corrected chi connectivity index (χ4v) is 1.71. The average Bonchev–Trinajstić information content (AvgIpc) is 2.96. The molecule has 1 fully saturated rings. The van der Waals surface area contributed by atoms with Crippen molar-refractivity contribution in [3.8, 4) is 0 Å². The number of ketones is 1. The van der Waals surface area contributed by atoms with E-state index in [0.717, 1.165) is 12.1 Å². The van der Waals surface area contributed by atoms with Gasteiger partial charge in [0.05, 0.1) is 0 Å². The molecule has 3 heteroatoms. The van der Waals surface area contributed by atoms with Gasteiger partial charge in [0.15, 0.2) is 5.78 Å². The van der Waals surface area contributed by atoms with E-state index in [1.54, 1.807) is 24.3 Å². The van der Waals surface area contributed by atoms with Crippen LogP contribution in [0.4, 0.5) is 5.69 Å². The van der Waals surface area contributed by atoms with Crippen molar-refractivity contribution in [1.29, 1.82) is 0 Å². The lowest BCUT2D eigenvalue weighted by Crippen LogP contribution is -2.14. The van der Waals surface area contributed by atoms with Crippen molar-refractivity contribution in [2.45, 2.75) is 20.3 Å². The minimum atomic E-state index is 0.0358. The molecule has 1 amide bonds. The summed E-state index contributed by atoms with van der Waals surface area (Å²) in [6, 6.07) is 6.99. The number of amides is 1. The highest BCUT2D eigenvalue weighted by Gasteiger charge is 2.38. The van der Waals surface area contributed by atoms with Crippen molar-refractivity contribution < 1.29 is 9.59 Å². The van der Waals surface area contributed by atoms with Crippen molar-refractivity contribution in [1.82, 2.24) is 0 Å². The summed E-state index contributed by atoms with van der Waals surface area (Å²) in [5.41, 5.74) is 1.42. The number of Topliss-reactive ketones (excluding diaryl/α,β-unsaturated/α-hetero) is 1. The Kier molecular flexibility index (Phi) is 2.77. The van der Waals surface area contributed by atoms with Crippen LogP contribution in [-0.4, -0.2) is 11.7 Å². The highest BCUT2D eigenvalue weighted by molar-refractivity contribution is 5.96. The van der Waals surface area contributed by atoms with Crippen molar-refractivity contribution in [2.24, 2.45) is 11.8 Å². The molecule has 0 saturated heterocycles. The van der Waals surface area contributed by atoms with Crippen LogP contribution in [-0.2, 0) is 4.79 Å². The van der Waals surface area contributed by atoms with Crippen LogP contribution in [0.25, 0.3) is 0 Å². The summed E-state index contributed by atoms with van der Waals surface area (Å²) >= 11 is 0. The van der Waals surface area contributed by atoms with Crippen molar-refractivity contribution in [3.05, 3.63) is 29.8 Å². The molecule has 1 aromatic carbocycles. The van der Waals surface area contributed by atoms with Gasteiger partial charge in [0.25, 0.3) is 0 Å². The molecule has 1 aromatic rings. The fraction of sp³-hybridized carbons (Fsp3) is 0.385. The Labute approximate surface area is 94.9 Å². The maximum absolute atomic E-state index is 11.6. The van der Waals surface area contributed by atoms with Crippen molar-refractivity contribution >= 4 is 17.4 Å². The summed E-state index contributed by atoms with van der Waals surface area (Å²) in [6.07, 6.45) is 0.983. The zero-order valence-corrected chi connectivity index (χ0v) is 9.49. The number of anilines is 1. The molecule has 0 radical (unpaired) electrons. The second-order valence-corrected chi connectivity index (χ2v) is 4.44. The number of hydrogen-bond donors (Lipinski definition) is 1. The van der Waals surface area contributed by atoms with Crippen LogP contribution in [0.3, 0.4) is 0 Å². The monoisotopic (exact) mass is 217 g/mol. The molecular formula is C13H15NO2. The Hall–Kier alpha value is -1.64. The van der Waals surface area contributed by atoms with Gasteiger partial charge in [0.2, 0.25) is 5.91 Å². The zero-order valence-electron chi connectivity index (χ0n) is 9.49. The van der Waals surface area contributed by atoms with E-state index in [-0.39, 0.29) is 17.6 Å². The number of rotatable bonds is 3. The van der Waals surface area contributed by atoms with Gasteiger partial charge in [0.1, 0.15) is 0 Å². The van der Waals surface area contributed by atoms with Gasteiger partial charge in [0, 0.05) is 17.2 Å². The van der Waals surface area contributed by atoms with Crippen LogP contribution in [0.1, 0.15) is 30.6 Å². The highest BCUT2D eigenvalue weighted by atomic mass is 16.2. The number of carbonyl (C=O) groups excluding carboxylic acids is 2. The normalized spacial score (nSPS) is 22.6. The molecule has 1 saturated carbocycles. The lowest BCUT2D eigenvalue weighted by atomic mass is 10.1. The third-order valence-corrected chi connectivity index (χ3v) is 3.01. The summed E-state index contributed by atoms with van der Waals surface area (Å²) in [5.74, 6) is 0.806. The summed E-state index contributed by atoms with van der Waals surface area (Å²) < 4.78 is 0. The molecule has 0 bridgehead atoms. The Bertz CT molecular complexity index is 422. The third-order valence-electron chi connectivity index (χ3n) is 3.01. The van der Waals surface area contributed by atoms with Crippen molar-refractivity contribution in [3.63, 3.8) is 0 Å².